The first-order valence-corrected chi connectivity index (χ1v) is 11.0. The van der Waals surface area contributed by atoms with Gasteiger partial charge < -0.3 is 24.4 Å². The summed E-state index contributed by atoms with van der Waals surface area (Å²) in [4.78, 5) is 26.0. The third-order valence-electron chi connectivity index (χ3n) is 6.44. The minimum atomic E-state index is -0.782. The van der Waals surface area contributed by atoms with Gasteiger partial charge in [0, 0.05) is 38.6 Å². The zero-order valence-electron chi connectivity index (χ0n) is 19.5. The summed E-state index contributed by atoms with van der Waals surface area (Å²) < 4.78 is 10.9. The van der Waals surface area contributed by atoms with Crippen LogP contribution >= 0.6 is 0 Å². The third-order valence-corrected chi connectivity index (χ3v) is 6.44. The fourth-order valence-corrected chi connectivity index (χ4v) is 4.50. The van der Waals surface area contributed by atoms with Crippen LogP contribution in [0.3, 0.4) is 0 Å². The summed E-state index contributed by atoms with van der Waals surface area (Å²) in [7, 11) is 7.08. The molecule has 3 aromatic rings. The van der Waals surface area contributed by atoms with Gasteiger partial charge in [0.05, 0.1) is 25.2 Å². The minimum absolute atomic E-state index is 0.523. The lowest BCUT2D eigenvalue weighted by Crippen LogP contribution is -2.46. The number of methoxy groups -OCH3 is 2. The van der Waals surface area contributed by atoms with Crippen molar-refractivity contribution in [2.75, 3.05) is 51.2 Å². The summed E-state index contributed by atoms with van der Waals surface area (Å²) in [5.41, 5.74) is 1.02. The number of aliphatic carboxylic acids is 1. The predicted molar refractivity (Wildman–Crippen MR) is 129 cm³/mol. The van der Waals surface area contributed by atoms with E-state index in [0.29, 0.717) is 49.8 Å². The average Bonchev–Trinajstić information content (AvgIpc) is 2.83. The van der Waals surface area contributed by atoms with Crippen LogP contribution < -0.4 is 19.3 Å². The number of piperidine rings is 1. The lowest BCUT2D eigenvalue weighted by molar-refractivity contribution is -0.150. The van der Waals surface area contributed by atoms with E-state index in [9.17, 15) is 9.90 Å². The first kappa shape index (κ1) is 22.6. The van der Waals surface area contributed by atoms with Crippen molar-refractivity contribution < 1.29 is 19.4 Å². The molecule has 1 N–H and O–H groups in total. The molecule has 0 unspecified atom stereocenters. The Morgan fingerprint density at radius 2 is 1.70 bits per heavy atom. The van der Waals surface area contributed by atoms with E-state index in [4.69, 9.17) is 19.4 Å². The van der Waals surface area contributed by atoms with Gasteiger partial charge in [-0.15, -0.1) is 0 Å². The highest BCUT2D eigenvalue weighted by molar-refractivity contribution is 5.93. The number of nitrogens with zero attached hydrogens (tertiary/aromatic N) is 4. The van der Waals surface area contributed by atoms with E-state index in [1.165, 1.54) is 0 Å². The van der Waals surface area contributed by atoms with Gasteiger partial charge in [-0.3, -0.25) is 4.79 Å². The second-order valence-electron chi connectivity index (χ2n) is 8.70. The normalized spacial score (nSPS) is 15.3. The molecule has 0 saturated carbocycles. The number of ether oxygens (including phenoxy) is 2. The van der Waals surface area contributed by atoms with E-state index in [2.05, 4.69) is 4.90 Å². The van der Waals surface area contributed by atoms with E-state index in [1.807, 2.05) is 61.5 Å². The molecule has 0 atom stereocenters. The maximum Gasteiger partial charge on any atom is 0.310 e. The van der Waals surface area contributed by atoms with Crippen molar-refractivity contribution in [1.29, 1.82) is 0 Å². The molecule has 1 fully saturated rings. The number of fused-ring (bicyclic) bond motifs is 1. The highest BCUT2D eigenvalue weighted by Crippen LogP contribution is 2.39. The molecule has 4 rings (SSSR count). The molecule has 8 heteroatoms. The molecule has 0 aliphatic carbocycles. The van der Waals surface area contributed by atoms with Crippen LogP contribution in [0.25, 0.3) is 10.9 Å². The summed E-state index contributed by atoms with van der Waals surface area (Å²) in [5.74, 6) is 1.85. The van der Waals surface area contributed by atoms with Gasteiger partial charge in [0.1, 0.15) is 5.82 Å². The van der Waals surface area contributed by atoms with E-state index in [0.717, 1.165) is 22.3 Å². The van der Waals surface area contributed by atoms with Gasteiger partial charge in [0.2, 0.25) is 5.95 Å². The first-order chi connectivity index (χ1) is 15.9. The summed E-state index contributed by atoms with van der Waals surface area (Å²) in [6, 6.07) is 13.6. The fourth-order valence-electron chi connectivity index (χ4n) is 4.50. The quantitative estimate of drug-likeness (QED) is 0.584. The second-order valence-corrected chi connectivity index (χ2v) is 8.70. The van der Waals surface area contributed by atoms with Crippen LogP contribution in [0.15, 0.2) is 42.5 Å². The largest absolute Gasteiger partial charge is 0.493 e. The number of hydrogen-bond acceptors (Lipinski definition) is 7. The molecule has 33 heavy (non-hydrogen) atoms. The van der Waals surface area contributed by atoms with Crippen molar-refractivity contribution in [1.82, 2.24) is 9.97 Å². The van der Waals surface area contributed by atoms with Gasteiger partial charge in [-0.05, 0) is 30.9 Å². The number of aromatic nitrogens is 2. The van der Waals surface area contributed by atoms with Gasteiger partial charge >= 0.3 is 5.97 Å². The van der Waals surface area contributed by atoms with Crippen molar-refractivity contribution in [2.24, 2.45) is 5.41 Å². The van der Waals surface area contributed by atoms with Gasteiger partial charge in [-0.1, -0.05) is 30.3 Å². The molecule has 8 nitrogen and oxygen atoms in total. The van der Waals surface area contributed by atoms with Crippen LogP contribution in [0.4, 0.5) is 11.8 Å². The van der Waals surface area contributed by atoms with Crippen LogP contribution in [-0.2, 0) is 11.2 Å². The number of carboxylic acid groups (broad SMARTS) is 1. The van der Waals surface area contributed by atoms with Crippen LogP contribution in [0.5, 0.6) is 11.5 Å². The molecule has 0 spiro atoms. The molecule has 2 aromatic carbocycles. The molecule has 0 amide bonds. The summed E-state index contributed by atoms with van der Waals surface area (Å²) in [6.45, 7) is 1.15. The number of carbonyl (C=O) groups is 1. The maximum absolute atomic E-state index is 12.3. The zero-order chi connectivity index (χ0) is 23.6. The lowest BCUT2D eigenvalue weighted by atomic mass is 9.74. The molecular weight excluding hydrogens is 420 g/mol. The molecule has 1 aliphatic heterocycles. The Bertz CT molecular complexity index is 1140. The van der Waals surface area contributed by atoms with Gasteiger partial charge in [-0.25, -0.2) is 4.98 Å². The summed E-state index contributed by atoms with van der Waals surface area (Å²) >= 11 is 0. The number of rotatable bonds is 7. The van der Waals surface area contributed by atoms with Crippen LogP contribution in [-0.4, -0.2) is 62.4 Å². The van der Waals surface area contributed by atoms with Gasteiger partial charge in [-0.2, -0.15) is 4.98 Å². The van der Waals surface area contributed by atoms with Crippen LogP contribution in [0.2, 0.25) is 0 Å². The van der Waals surface area contributed by atoms with Crippen molar-refractivity contribution in [3.63, 3.8) is 0 Å². The molecule has 1 saturated heterocycles. The predicted octanol–water partition coefficient (Wildman–Crippen LogP) is 3.63. The molecule has 0 bridgehead atoms. The van der Waals surface area contributed by atoms with E-state index in [1.54, 1.807) is 14.2 Å². The maximum atomic E-state index is 12.3. The Kier molecular flexibility index (Phi) is 6.26. The molecule has 0 radical (unpaired) electrons. The number of carboxylic acids is 1. The minimum Gasteiger partial charge on any atom is -0.493 e. The molecule has 2 heterocycles. The van der Waals surface area contributed by atoms with Crippen LogP contribution in [0.1, 0.15) is 18.4 Å². The summed E-state index contributed by atoms with van der Waals surface area (Å²) in [6.07, 6.45) is 1.58. The molecule has 1 aromatic heterocycles. The van der Waals surface area contributed by atoms with E-state index >= 15 is 0 Å². The second kappa shape index (κ2) is 9.13. The lowest BCUT2D eigenvalue weighted by Gasteiger charge is -2.39. The Morgan fingerprint density at radius 1 is 1.06 bits per heavy atom. The highest BCUT2D eigenvalue weighted by atomic mass is 16.5. The average molecular weight is 451 g/mol. The monoisotopic (exact) mass is 450 g/mol. The number of hydrogen-bond donors (Lipinski definition) is 1. The Morgan fingerprint density at radius 3 is 2.27 bits per heavy atom. The Balaban J connectivity index is 1.65. The van der Waals surface area contributed by atoms with Gasteiger partial charge in [0.15, 0.2) is 11.5 Å². The van der Waals surface area contributed by atoms with Crippen molar-refractivity contribution >= 4 is 28.6 Å². The third kappa shape index (κ3) is 4.37. The standard InChI is InChI=1S/C25H30N4O4/c1-28(2)22-18-14-20(32-3)21(33-4)15-19(18)26-24(27-22)29-12-10-25(11-13-29,23(30)31)16-17-8-6-5-7-9-17/h5-9,14-15H,10-13,16H2,1-4H3,(H,30,31). The summed E-state index contributed by atoms with van der Waals surface area (Å²) in [5, 5.41) is 11.0. The van der Waals surface area contributed by atoms with E-state index in [-0.39, 0.29) is 0 Å². The van der Waals surface area contributed by atoms with Crippen molar-refractivity contribution in [3.8, 4) is 11.5 Å². The number of benzene rings is 2. The topological polar surface area (TPSA) is 88.0 Å². The van der Waals surface area contributed by atoms with Crippen LogP contribution in [0, 0.1) is 5.41 Å². The SMILES string of the molecule is COc1cc2nc(N3CCC(Cc4ccccc4)(C(=O)O)CC3)nc(N(C)C)c2cc1OC. The van der Waals surface area contributed by atoms with Crippen molar-refractivity contribution in [3.05, 3.63) is 48.0 Å². The number of anilines is 2. The zero-order valence-corrected chi connectivity index (χ0v) is 19.5. The molecule has 174 valence electrons. The smallest absolute Gasteiger partial charge is 0.310 e. The van der Waals surface area contributed by atoms with Gasteiger partial charge in [0.25, 0.3) is 0 Å². The Hall–Kier alpha value is -3.55. The fraction of sp³-hybridized carbons (Fsp3) is 0.400. The first-order valence-electron chi connectivity index (χ1n) is 11.0. The molecule has 1 aliphatic rings. The van der Waals surface area contributed by atoms with E-state index < -0.39 is 11.4 Å². The Labute approximate surface area is 193 Å². The highest BCUT2D eigenvalue weighted by Gasteiger charge is 2.42. The van der Waals surface area contributed by atoms with Crippen molar-refractivity contribution in [2.45, 2.75) is 19.3 Å². The molecular formula is C25H30N4O4.